The first-order valence-corrected chi connectivity index (χ1v) is 5.15. The normalized spacial score (nSPS) is 10.9. The lowest BCUT2D eigenvalue weighted by Crippen LogP contribution is -2.36. The second-order valence-corrected chi connectivity index (χ2v) is 3.70. The predicted octanol–water partition coefficient (Wildman–Crippen LogP) is 3.03. The molecule has 0 fully saturated rings. The van der Waals surface area contributed by atoms with Crippen molar-refractivity contribution in [2.45, 2.75) is 6.18 Å². The minimum Gasteiger partial charge on any atom is -0.495 e. The number of hydrogen-bond acceptors (Lipinski definition) is 2. The lowest BCUT2D eigenvalue weighted by atomic mass is 10.3. The van der Waals surface area contributed by atoms with Crippen molar-refractivity contribution in [2.24, 2.45) is 0 Å². The molecule has 0 radical (unpaired) electrons. The summed E-state index contributed by atoms with van der Waals surface area (Å²) in [5, 5.41) is 4.20. The Kier molecular flexibility index (Phi) is 4.66. The third-order valence-corrected chi connectivity index (χ3v) is 2.09. The van der Waals surface area contributed by atoms with Crippen LogP contribution in [0, 0.1) is 0 Å². The fourth-order valence-electron chi connectivity index (χ4n) is 1.12. The minimum atomic E-state index is -4.46. The summed E-state index contributed by atoms with van der Waals surface area (Å²) in [6.07, 6.45) is -4.46. The van der Waals surface area contributed by atoms with Gasteiger partial charge in [-0.25, -0.2) is 4.79 Å². The summed E-state index contributed by atoms with van der Waals surface area (Å²) in [5.74, 6) is 0.293. The Morgan fingerprint density at radius 1 is 1.44 bits per heavy atom. The summed E-state index contributed by atoms with van der Waals surface area (Å²) in [6.45, 7) is -1.41. The molecule has 0 unspecified atom stereocenters. The van der Waals surface area contributed by atoms with Gasteiger partial charge in [-0.3, -0.25) is 0 Å². The zero-order chi connectivity index (χ0) is 13.8. The molecule has 1 aromatic rings. The van der Waals surface area contributed by atoms with Gasteiger partial charge in [-0.05, 0) is 18.2 Å². The van der Waals surface area contributed by atoms with E-state index in [9.17, 15) is 18.0 Å². The molecule has 0 saturated heterocycles. The van der Waals surface area contributed by atoms with Crippen LogP contribution in [0.15, 0.2) is 18.2 Å². The van der Waals surface area contributed by atoms with Crippen LogP contribution in [-0.2, 0) is 0 Å². The van der Waals surface area contributed by atoms with Crippen LogP contribution < -0.4 is 15.4 Å². The Hall–Kier alpha value is -1.63. The highest BCUT2D eigenvalue weighted by molar-refractivity contribution is 6.31. The van der Waals surface area contributed by atoms with E-state index in [4.69, 9.17) is 16.3 Å². The number of hydrogen-bond donors (Lipinski definition) is 2. The van der Waals surface area contributed by atoms with E-state index < -0.39 is 18.8 Å². The number of ether oxygens (including phenoxy) is 1. The lowest BCUT2D eigenvalue weighted by molar-refractivity contribution is -0.122. The molecule has 0 atom stereocenters. The number of carbonyl (C=O) groups excluding carboxylic acids is 1. The number of methoxy groups -OCH3 is 1. The molecule has 18 heavy (non-hydrogen) atoms. The van der Waals surface area contributed by atoms with Crippen molar-refractivity contribution in [3.05, 3.63) is 23.2 Å². The molecule has 4 nitrogen and oxygen atoms in total. The molecule has 1 aromatic carbocycles. The first kappa shape index (κ1) is 14.4. The Morgan fingerprint density at radius 2 is 2.11 bits per heavy atom. The van der Waals surface area contributed by atoms with Gasteiger partial charge in [0.1, 0.15) is 12.3 Å². The minimum absolute atomic E-state index is 0.185. The third kappa shape index (κ3) is 4.70. The van der Waals surface area contributed by atoms with Crippen LogP contribution in [-0.4, -0.2) is 25.9 Å². The molecule has 0 saturated carbocycles. The maximum atomic E-state index is 11.9. The maximum absolute atomic E-state index is 11.9. The van der Waals surface area contributed by atoms with Crippen molar-refractivity contribution < 1.29 is 22.7 Å². The molecule has 2 N–H and O–H groups in total. The van der Waals surface area contributed by atoms with Crippen LogP contribution in [0.1, 0.15) is 0 Å². The summed E-state index contributed by atoms with van der Waals surface area (Å²) < 4.78 is 40.6. The van der Waals surface area contributed by atoms with Crippen LogP contribution in [0.25, 0.3) is 0 Å². The number of benzene rings is 1. The third-order valence-electron chi connectivity index (χ3n) is 1.86. The van der Waals surface area contributed by atoms with Crippen molar-refractivity contribution in [3.8, 4) is 5.75 Å². The van der Waals surface area contributed by atoms with Gasteiger partial charge in [0, 0.05) is 5.02 Å². The fourth-order valence-corrected chi connectivity index (χ4v) is 1.30. The van der Waals surface area contributed by atoms with Crippen LogP contribution in [0.5, 0.6) is 5.75 Å². The van der Waals surface area contributed by atoms with E-state index >= 15 is 0 Å². The number of halogens is 4. The summed E-state index contributed by atoms with van der Waals surface area (Å²) in [4.78, 5) is 11.2. The molecule has 0 aliphatic carbocycles. The van der Waals surface area contributed by atoms with Gasteiger partial charge in [-0.2, -0.15) is 13.2 Å². The number of amides is 2. The molecular formula is C10H10ClF3N2O2. The number of carbonyl (C=O) groups is 1. The highest BCUT2D eigenvalue weighted by Crippen LogP contribution is 2.27. The lowest BCUT2D eigenvalue weighted by Gasteiger charge is -2.12. The molecule has 1 rings (SSSR count). The summed E-state index contributed by atoms with van der Waals surface area (Å²) in [5.41, 5.74) is 0.185. The van der Waals surface area contributed by atoms with Gasteiger partial charge in [0.15, 0.2) is 0 Å². The van der Waals surface area contributed by atoms with Crippen molar-refractivity contribution in [3.63, 3.8) is 0 Å². The Labute approximate surface area is 106 Å². The van der Waals surface area contributed by atoms with Crippen molar-refractivity contribution >= 4 is 23.3 Å². The molecule has 0 spiro atoms. The Morgan fingerprint density at radius 3 is 2.67 bits per heavy atom. The fraction of sp³-hybridized carbons (Fsp3) is 0.300. The van der Waals surface area contributed by atoms with Gasteiger partial charge < -0.3 is 15.4 Å². The van der Waals surface area contributed by atoms with Crippen molar-refractivity contribution in [1.29, 1.82) is 0 Å². The zero-order valence-electron chi connectivity index (χ0n) is 9.27. The Balaban J connectivity index is 2.66. The first-order chi connectivity index (χ1) is 8.31. The number of nitrogens with one attached hydrogen (secondary N) is 2. The zero-order valence-corrected chi connectivity index (χ0v) is 10.0. The second kappa shape index (κ2) is 5.81. The van der Waals surface area contributed by atoms with E-state index in [-0.39, 0.29) is 5.69 Å². The van der Waals surface area contributed by atoms with Gasteiger partial charge in [0.05, 0.1) is 12.8 Å². The summed E-state index contributed by atoms with van der Waals surface area (Å²) in [7, 11) is 1.36. The average Bonchev–Trinajstić information content (AvgIpc) is 2.26. The van der Waals surface area contributed by atoms with E-state index in [0.717, 1.165) is 0 Å². The molecular weight excluding hydrogens is 273 g/mol. The van der Waals surface area contributed by atoms with Crippen LogP contribution in [0.4, 0.5) is 23.7 Å². The van der Waals surface area contributed by atoms with Gasteiger partial charge in [0.25, 0.3) is 0 Å². The number of rotatable bonds is 3. The summed E-state index contributed by atoms with van der Waals surface area (Å²) >= 11 is 5.70. The Bertz CT molecular complexity index is 438. The quantitative estimate of drug-likeness (QED) is 0.895. The van der Waals surface area contributed by atoms with Gasteiger partial charge >= 0.3 is 12.2 Å². The topological polar surface area (TPSA) is 50.4 Å². The van der Waals surface area contributed by atoms with Crippen LogP contribution in [0.3, 0.4) is 0 Å². The largest absolute Gasteiger partial charge is 0.495 e. The molecule has 0 heterocycles. The van der Waals surface area contributed by atoms with E-state index in [2.05, 4.69) is 5.32 Å². The molecule has 0 aromatic heterocycles. The molecule has 100 valence electrons. The van der Waals surface area contributed by atoms with E-state index in [0.29, 0.717) is 10.8 Å². The predicted molar refractivity (Wildman–Crippen MR) is 61.1 cm³/mol. The maximum Gasteiger partial charge on any atom is 0.405 e. The smallest absolute Gasteiger partial charge is 0.405 e. The molecule has 0 aliphatic heterocycles. The van der Waals surface area contributed by atoms with Gasteiger partial charge in [-0.15, -0.1) is 0 Å². The summed E-state index contributed by atoms with van der Waals surface area (Å²) in [6, 6.07) is 3.39. The van der Waals surface area contributed by atoms with Crippen LogP contribution >= 0.6 is 11.6 Å². The number of alkyl halides is 3. The van der Waals surface area contributed by atoms with Crippen molar-refractivity contribution in [2.75, 3.05) is 19.0 Å². The van der Waals surface area contributed by atoms with Crippen molar-refractivity contribution in [1.82, 2.24) is 5.32 Å². The molecule has 8 heteroatoms. The van der Waals surface area contributed by atoms with Gasteiger partial charge in [-0.1, -0.05) is 11.6 Å². The highest BCUT2D eigenvalue weighted by atomic mass is 35.5. The molecule has 0 bridgehead atoms. The second-order valence-electron chi connectivity index (χ2n) is 3.27. The standard InChI is InChI=1S/C10H10ClF3N2O2/c1-18-8-3-2-6(11)4-7(8)16-9(17)15-5-10(12,13)14/h2-4H,5H2,1H3,(H2,15,16,17). The van der Waals surface area contributed by atoms with Gasteiger partial charge in [0.2, 0.25) is 0 Å². The molecule has 0 aliphatic rings. The highest BCUT2D eigenvalue weighted by Gasteiger charge is 2.27. The molecule has 2 amide bonds. The number of urea groups is 1. The first-order valence-electron chi connectivity index (χ1n) is 4.77. The van der Waals surface area contributed by atoms with E-state index in [1.54, 1.807) is 5.32 Å². The van der Waals surface area contributed by atoms with E-state index in [1.165, 1.54) is 25.3 Å². The average molecular weight is 283 g/mol. The monoisotopic (exact) mass is 282 g/mol. The van der Waals surface area contributed by atoms with E-state index in [1.807, 2.05) is 0 Å². The SMILES string of the molecule is COc1ccc(Cl)cc1NC(=O)NCC(F)(F)F. The number of anilines is 1. The van der Waals surface area contributed by atoms with Crippen LogP contribution in [0.2, 0.25) is 5.02 Å².